The van der Waals surface area contributed by atoms with Gasteiger partial charge >= 0.3 is 6.03 Å². The molecule has 3 aliphatic heterocycles. The van der Waals surface area contributed by atoms with Gasteiger partial charge in [0.1, 0.15) is 5.25 Å². The van der Waals surface area contributed by atoms with E-state index in [0.29, 0.717) is 54.3 Å². The molecule has 0 aliphatic carbocycles. The number of urea groups is 1. The van der Waals surface area contributed by atoms with Gasteiger partial charge in [0.25, 0.3) is 0 Å². The Balaban J connectivity index is 1.08. The molecule has 11 heteroatoms. The van der Waals surface area contributed by atoms with Crippen molar-refractivity contribution in [3.8, 4) is 11.5 Å². The van der Waals surface area contributed by atoms with E-state index in [-0.39, 0.29) is 37.5 Å². The van der Waals surface area contributed by atoms with Crippen molar-refractivity contribution in [2.45, 2.75) is 43.5 Å². The SMILES string of the molecule is O=C(CCCCCN1C(=O)C2SC=CC2N(CC(=O)c2ccc(Cl)cc2)C1=O)NCc1ccc2c(c1)OCO2. The van der Waals surface area contributed by atoms with Gasteiger partial charge in [-0.05, 0) is 60.2 Å². The number of fused-ring (bicyclic) bond motifs is 2. The molecule has 2 atom stereocenters. The summed E-state index contributed by atoms with van der Waals surface area (Å²) in [6, 6.07) is 11.2. The third-order valence-electron chi connectivity index (χ3n) is 6.85. The van der Waals surface area contributed by atoms with Crippen LogP contribution in [0.3, 0.4) is 0 Å². The minimum atomic E-state index is -0.461. The Bertz CT molecular complexity index is 1300. The van der Waals surface area contributed by atoms with Gasteiger partial charge in [-0.3, -0.25) is 19.3 Å². The van der Waals surface area contributed by atoms with E-state index in [4.69, 9.17) is 21.1 Å². The number of Topliss-reactive ketones (excluding diaryl/α,β-unsaturated/α-hetero) is 1. The smallest absolute Gasteiger partial charge is 0.327 e. The van der Waals surface area contributed by atoms with Crippen molar-refractivity contribution < 1.29 is 28.7 Å². The zero-order valence-corrected chi connectivity index (χ0v) is 22.7. The molecule has 5 rings (SSSR count). The number of halogens is 1. The predicted octanol–water partition coefficient (Wildman–Crippen LogP) is 4.39. The molecule has 1 fully saturated rings. The van der Waals surface area contributed by atoms with Crippen molar-refractivity contribution in [2.24, 2.45) is 0 Å². The van der Waals surface area contributed by atoms with E-state index in [0.717, 1.165) is 5.56 Å². The number of carbonyl (C=O) groups excluding carboxylic acids is 4. The third kappa shape index (κ3) is 6.23. The number of carbonyl (C=O) groups is 4. The molecule has 1 N–H and O–H groups in total. The monoisotopic (exact) mass is 569 g/mol. The predicted molar refractivity (Wildman–Crippen MR) is 147 cm³/mol. The minimum absolute atomic E-state index is 0.0686. The lowest BCUT2D eigenvalue weighted by molar-refractivity contribution is -0.131. The number of hydrogen-bond donors (Lipinski definition) is 1. The highest BCUT2D eigenvalue weighted by molar-refractivity contribution is 8.03. The summed E-state index contributed by atoms with van der Waals surface area (Å²) in [6.45, 7) is 0.715. The number of rotatable bonds is 11. The molecule has 9 nitrogen and oxygen atoms in total. The van der Waals surface area contributed by atoms with E-state index in [2.05, 4.69) is 5.32 Å². The largest absolute Gasteiger partial charge is 0.454 e. The molecule has 2 unspecified atom stereocenters. The molecule has 39 heavy (non-hydrogen) atoms. The van der Waals surface area contributed by atoms with E-state index in [1.165, 1.54) is 21.6 Å². The first kappa shape index (κ1) is 27.1. The second kappa shape index (κ2) is 12.1. The highest BCUT2D eigenvalue weighted by atomic mass is 35.5. The molecule has 0 radical (unpaired) electrons. The number of imide groups is 1. The second-order valence-corrected chi connectivity index (χ2v) is 11.0. The van der Waals surface area contributed by atoms with Gasteiger partial charge < -0.3 is 19.7 Å². The second-order valence-electron chi connectivity index (χ2n) is 9.48. The molecule has 0 bridgehead atoms. The normalized spacial score (nSPS) is 19.4. The maximum atomic E-state index is 13.3. The summed E-state index contributed by atoms with van der Waals surface area (Å²) in [5, 5.41) is 4.78. The first-order valence-corrected chi connectivity index (χ1v) is 14.1. The summed E-state index contributed by atoms with van der Waals surface area (Å²) in [5.41, 5.74) is 1.38. The van der Waals surface area contributed by atoms with Gasteiger partial charge in [0.15, 0.2) is 17.3 Å². The van der Waals surface area contributed by atoms with Crippen LogP contribution in [0.15, 0.2) is 53.9 Å². The van der Waals surface area contributed by atoms with Crippen LogP contribution in [0.5, 0.6) is 11.5 Å². The number of unbranched alkanes of at least 4 members (excludes halogenated alkanes) is 2. The summed E-state index contributed by atoms with van der Waals surface area (Å²) >= 11 is 7.29. The van der Waals surface area contributed by atoms with Crippen molar-refractivity contribution in [1.29, 1.82) is 0 Å². The van der Waals surface area contributed by atoms with Crippen LogP contribution in [-0.4, -0.2) is 64.6 Å². The number of nitrogens with one attached hydrogen (secondary N) is 1. The molecular formula is C28H28ClN3O6S. The molecule has 204 valence electrons. The van der Waals surface area contributed by atoms with E-state index >= 15 is 0 Å². The average molecular weight is 570 g/mol. The fourth-order valence-corrected chi connectivity index (χ4v) is 5.92. The number of ether oxygens (including phenoxy) is 2. The Morgan fingerprint density at radius 2 is 1.82 bits per heavy atom. The molecule has 1 saturated heterocycles. The Kier molecular flexibility index (Phi) is 8.42. The van der Waals surface area contributed by atoms with Crippen molar-refractivity contribution in [2.75, 3.05) is 19.9 Å². The molecule has 2 aromatic carbocycles. The molecule has 0 aromatic heterocycles. The molecule has 3 aliphatic rings. The van der Waals surface area contributed by atoms with Crippen LogP contribution >= 0.6 is 23.4 Å². The van der Waals surface area contributed by atoms with Gasteiger partial charge in [-0.25, -0.2) is 4.79 Å². The number of hydrogen-bond acceptors (Lipinski definition) is 7. The number of nitrogens with zero attached hydrogens (tertiary/aromatic N) is 2. The first-order chi connectivity index (χ1) is 18.9. The Labute approximate surface area is 235 Å². The summed E-state index contributed by atoms with van der Waals surface area (Å²) in [6.07, 6.45) is 4.03. The maximum absolute atomic E-state index is 13.3. The van der Waals surface area contributed by atoms with Crippen molar-refractivity contribution in [3.63, 3.8) is 0 Å². The molecule has 2 aromatic rings. The highest BCUT2D eigenvalue weighted by Gasteiger charge is 2.47. The van der Waals surface area contributed by atoms with Gasteiger partial charge in [0.05, 0.1) is 12.6 Å². The number of ketones is 1. The van der Waals surface area contributed by atoms with E-state index in [1.807, 2.05) is 23.6 Å². The molecule has 0 saturated carbocycles. The Hall–Kier alpha value is -3.50. The van der Waals surface area contributed by atoms with Crippen molar-refractivity contribution in [1.82, 2.24) is 15.1 Å². The van der Waals surface area contributed by atoms with Gasteiger partial charge in [0.2, 0.25) is 18.6 Å². The van der Waals surface area contributed by atoms with Crippen LogP contribution in [0.2, 0.25) is 5.02 Å². The zero-order chi connectivity index (χ0) is 27.4. The summed E-state index contributed by atoms with van der Waals surface area (Å²) in [4.78, 5) is 54.2. The molecule has 4 amide bonds. The van der Waals surface area contributed by atoms with Crippen molar-refractivity contribution >= 4 is 47.0 Å². The highest BCUT2D eigenvalue weighted by Crippen LogP contribution is 2.35. The van der Waals surface area contributed by atoms with Crippen LogP contribution in [0.4, 0.5) is 4.79 Å². The molecule has 0 spiro atoms. The van der Waals surface area contributed by atoms with Crippen LogP contribution in [0.25, 0.3) is 0 Å². The quantitative estimate of drug-likeness (QED) is 0.316. The number of thioether (sulfide) groups is 1. The lowest BCUT2D eigenvalue weighted by Crippen LogP contribution is -2.62. The Morgan fingerprint density at radius 3 is 2.64 bits per heavy atom. The standard InChI is InChI=1S/C28H28ClN3O6S/c29-20-8-6-19(7-9-20)22(33)16-32-21-11-13-39-26(21)27(35)31(28(32)36)12-3-1-2-4-25(34)30-15-18-5-10-23-24(14-18)38-17-37-23/h5-11,13-14,21,26H,1-4,12,15-17H2,(H,30,34). The maximum Gasteiger partial charge on any atom is 0.327 e. The fraction of sp³-hybridized carbons (Fsp3) is 0.357. The first-order valence-electron chi connectivity index (χ1n) is 12.8. The zero-order valence-electron chi connectivity index (χ0n) is 21.1. The van der Waals surface area contributed by atoms with Gasteiger partial charge in [-0.2, -0.15) is 0 Å². The van der Waals surface area contributed by atoms with Crippen LogP contribution in [-0.2, 0) is 16.1 Å². The summed E-state index contributed by atoms with van der Waals surface area (Å²) in [5.74, 6) is 0.850. The minimum Gasteiger partial charge on any atom is -0.454 e. The topological polar surface area (TPSA) is 105 Å². The molecule has 3 heterocycles. The number of amides is 4. The van der Waals surface area contributed by atoms with Crippen LogP contribution < -0.4 is 14.8 Å². The summed E-state index contributed by atoms with van der Waals surface area (Å²) in [7, 11) is 0. The van der Waals surface area contributed by atoms with Gasteiger partial charge in [-0.1, -0.05) is 30.2 Å². The Morgan fingerprint density at radius 1 is 1.03 bits per heavy atom. The van der Waals surface area contributed by atoms with Crippen LogP contribution in [0, 0.1) is 0 Å². The van der Waals surface area contributed by atoms with Gasteiger partial charge in [-0.15, -0.1) is 11.8 Å². The number of benzene rings is 2. The lowest BCUT2D eigenvalue weighted by atomic mass is 10.0. The van der Waals surface area contributed by atoms with E-state index in [9.17, 15) is 19.2 Å². The molecular weight excluding hydrogens is 542 g/mol. The van der Waals surface area contributed by atoms with Crippen LogP contribution in [0.1, 0.15) is 41.6 Å². The average Bonchev–Trinajstić information content (AvgIpc) is 3.61. The van der Waals surface area contributed by atoms with Crippen molar-refractivity contribution in [3.05, 3.63) is 70.1 Å². The fourth-order valence-electron chi connectivity index (χ4n) is 4.73. The summed E-state index contributed by atoms with van der Waals surface area (Å²) < 4.78 is 10.7. The van der Waals surface area contributed by atoms with E-state index < -0.39 is 17.3 Å². The van der Waals surface area contributed by atoms with Gasteiger partial charge in [0, 0.05) is 30.1 Å². The van der Waals surface area contributed by atoms with E-state index in [1.54, 1.807) is 30.3 Å². The lowest BCUT2D eigenvalue weighted by Gasteiger charge is -2.41. The third-order valence-corrected chi connectivity index (χ3v) is 8.19.